The second kappa shape index (κ2) is 7.73. The van der Waals surface area contributed by atoms with Gasteiger partial charge in [-0.25, -0.2) is 9.37 Å². The molecule has 0 saturated heterocycles. The number of hydrogen-bond donors (Lipinski definition) is 0. The van der Waals surface area contributed by atoms with Crippen molar-refractivity contribution in [3.63, 3.8) is 0 Å². The number of halogens is 1. The van der Waals surface area contributed by atoms with E-state index < -0.39 is 17.2 Å². The number of thiazole rings is 1. The van der Waals surface area contributed by atoms with Crippen LogP contribution in [-0.4, -0.2) is 15.9 Å². The second-order valence-electron chi connectivity index (χ2n) is 6.77. The van der Waals surface area contributed by atoms with Crippen LogP contribution < -0.4 is 10.3 Å². The number of carbonyl (C=O) groups excluding carboxylic acids is 1. The van der Waals surface area contributed by atoms with Crippen LogP contribution in [0.1, 0.15) is 16.1 Å². The highest BCUT2D eigenvalue weighted by Gasteiger charge is 2.26. The molecule has 152 valence electrons. The molecule has 8 heteroatoms. The van der Waals surface area contributed by atoms with E-state index in [1.54, 1.807) is 60.8 Å². The molecule has 5 aromatic rings. The summed E-state index contributed by atoms with van der Waals surface area (Å²) in [5.74, 6) is -1.07. The molecule has 0 aliphatic rings. The predicted molar refractivity (Wildman–Crippen MR) is 117 cm³/mol. The molecule has 0 unspecified atom stereocenters. The van der Waals surface area contributed by atoms with Gasteiger partial charge in [0.1, 0.15) is 28.7 Å². The molecule has 31 heavy (non-hydrogen) atoms. The molecule has 0 atom stereocenters. The normalized spacial score (nSPS) is 11.1. The molecule has 0 N–H and O–H groups in total. The Labute approximate surface area is 179 Å². The van der Waals surface area contributed by atoms with Crippen LogP contribution in [0.15, 0.2) is 82.3 Å². The van der Waals surface area contributed by atoms with Gasteiger partial charge in [-0.2, -0.15) is 0 Å². The highest BCUT2D eigenvalue weighted by atomic mass is 32.1. The Morgan fingerprint density at radius 1 is 1.06 bits per heavy atom. The summed E-state index contributed by atoms with van der Waals surface area (Å²) >= 11 is 1.16. The summed E-state index contributed by atoms with van der Waals surface area (Å²) in [5.41, 5.74) is 0.592. The summed E-state index contributed by atoms with van der Waals surface area (Å²) in [6.07, 6.45) is 2.77. The van der Waals surface area contributed by atoms with Crippen LogP contribution in [0.2, 0.25) is 0 Å². The lowest BCUT2D eigenvalue weighted by atomic mass is 10.1. The first-order valence-electron chi connectivity index (χ1n) is 9.39. The van der Waals surface area contributed by atoms with Crippen molar-refractivity contribution in [3.05, 3.63) is 100 Å². The lowest BCUT2D eigenvalue weighted by Crippen LogP contribution is -2.34. The van der Waals surface area contributed by atoms with Crippen molar-refractivity contribution >= 4 is 43.6 Å². The highest BCUT2D eigenvalue weighted by Crippen LogP contribution is 2.31. The summed E-state index contributed by atoms with van der Waals surface area (Å²) in [7, 11) is 0. The maximum absolute atomic E-state index is 14.2. The topological polar surface area (TPSA) is 76.3 Å². The third-order valence-electron chi connectivity index (χ3n) is 4.79. The lowest BCUT2D eigenvalue weighted by molar-refractivity contribution is 0.0982. The molecule has 0 aliphatic carbocycles. The highest BCUT2D eigenvalue weighted by molar-refractivity contribution is 7.22. The Hall–Kier alpha value is -3.91. The van der Waals surface area contributed by atoms with Gasteiger partial charge in [0.2, 0.25) is 5.43 Å². The number of carbonyl (C=O) groups is 1. The predicted octanol–water partition coefficient (Wildman–Crippen LogP) is 4.78. The Balaban J connectivity index is 1.64. The van der Waals surface area contributed by atoms with Gasteiger partial charge in [0.25, 0.3) is 5.91 Å². The van der Waals surface area contributed by atoms with Crippen LogP contribution in [0.25, 0.3) is 21.2 Å². The third-order valence-corrected chi connectivity index (χ3v) is 5.83. The largest absolute Gasteiger partial charge is 0.463 e. The van der Waals surface area contributed by atoms with Crippen molar-refractivity contribution in [2.75, 3.05) is 4.90 Å². The van der Waals surface area contributed by atoms with E-state index in [2.05, 4.69) is 9.97 Å². The molecule has 1 amide bonds. The minimum atomic E-state index is -0.593. The number of fused-ring (bicyclic) bond motifs is 2. The monoisotopic (exact) mass is 431 g/mol. The van der Waals surface area contributed by atoms with Crippen molar-refractivity contribution in [1.82, 2.24) is 9.97 Å². The maximum atomic E-state index is 14.2. The SMILES string of the molecule is O=C(c1coc2ccccc2c1=O)N(Cc1ccccn1)c1nc2c(F)cccc2s1. The van der Waals surface area contributed by atoms with E-state index >= 15 is 0 Å². The van der Waals surface area contributed by atoms with Gasteiger partial charge in [0.05, 0.1) is 22.3 Å². The van der Waals surface area contributed by atoms with Gasteiger partial charge in [-0.3, -0.25) is 19.5 Å². The number of benzene rings is 2. The van der Waals surface area contributed by atoms with E-state index in [-0.39, 0.29) is 22.8 Å². The summed E-state index contributed by atoms with van der Waals surface area (Å²) in [6, 6.07) is 16.7. The number of aromatic nitrogens is 2. The van der Waals surface area contributed by atoms with Gasteiger partial charge in [-0.1, -0.05) is 35.6 Å². The number of hydrogen-bond acceptors (Lipinski definition) is 6. The number of anilines is 1. The Morgan fingerprint density at radius 3 is 2.71 bits per heavy atom. The van der Waals surface area contributed by atoms with Crippen molar-refractivity contribution in [2.45, 2.75) is 6.54 Å². The Bertz CT molecular complexity index is 1480. The van der Waals surface area contributed by atoms with Gasteiger partial charge >= 0.3 is 0 Å². The number of rotatable bonds is 4. The molecule has 0 saturated carbocycles. The first-order chi connectivity index (χ1) is 15.1. The number of nitrogens with zero attached hydrogens (tertiary/aromatic N) is 3. The summed E-state index contributed by atoms with van der Waals surface area (Å²) in [5, 5.41) is 0.574. The van der Waals surface area contributed by atoms with Crippen LogP contribution in [0.5, 0.6) is 0 Å². The molecule has 0 aliphatic heterocycles. The maximum Gasteiger partial charge on any atom is 0.267 e. The van der Waals surface area contributed by atoms with E-state index in [0.29, 0.717) is 21.4 Å². The zero-order valence-electron chi connectivity index (χ0n) is 16.0. The van der Waals surface area contributed by atoms with Crippen LogP contribution in [0.4, 0.5) is 9.52 Å². The third kappa shape index (κ3) is 3.47. The number of para-hydroxylation sites is 2. The van der Waals surface area contributed by atoms with Gasteiger partial charge in [-0.05, 0) is 36.4 Å². The van der Waals surface area contributed by atoms with Crippen molar-refractivity contribution < 1.29 is 13.6 Å². The molecule has 0 radical (unpaired) electrons. The van der Waals surface area contributed by atoms with Gasteiger partial charge < -0.3 is 4.42 Å². The van der Waals surface area contributed by atoms with Crippen molar-refractivity contribution in [1.29, 1.82) is 0 Å². The van der Waals surface area contributed by atoms with Gasteiger partial charge in [0, 0.05) is 6.20 Å². The first-order valence-corrected chi connectivity index (χ1v) is 10.2. The van der Waals surface area contributed by atoms with Crippen molar-refractivity contribution in [2.24, 2.45) is 0 Å². The van der Waals surface area contributed by atoms with Crippen LogP contribution >= 0.6 is 11.3 Å². The molecule has 2 aromatic carbocycles. The summed E-state index contributed by atoms with van der Waals surface area (Å²) in [4.78, 5) is 36.4. The fourth-order valence-corrected chi connectivity index (χ4v) is 4.25. The van der Waals surface area contributed by atoms with E-state index in [1.165, 1.54) is 11.0 Å². The van der Waals surface area contributed by atoms with Gasteiger partial charge in [0.15, 0.2) is 5.13 Å². The molecular formula is C23H14FN3O3S. The van der Waals surface area contributed by atoms with Crippen molar-refractivity contribution in [3.8, 4) is 0 Å². The second-order valence-corrected chi connectivity index (χ2v) is 7.78. The molecule has 0 bridgehead atoms. The van der Waals surface area contributed by atoms with Crippen LogP contribution in [0, 0.1) is 5.82 Å². The Morgan fingerprint density at radius 2 is 1.90 bits per heavy atom. The minimum absolute atomic E-state index is 0.0629. The van der Waals surface area contributed by atoms with Gasteiger partial charge in [-0.15, -0.1) is 0 Å². The number of pyridine rings is 1. The number of amides is 1. The molecule has 0 spiro atoms. The molecular weight excluding hydrogens is 417 g/mol. The molecule has 6 nitrogen and oxygen atoms in total. The van der Waals surface area contributed by atoms with Crippen LogP contribution in [-0.2, 0) is 6.54 Å². The smallest absolute Gasteiger partial charge is 0.267 e. The van der Waals surface area contributed by atoms with Crippen LogP contribution in [0.3, 0.4) is 0 Å². The minimum Gasteiger partial charge on any atom is -0.463 e. The van der Waals surface area contributed by atoms with E-state index in [4.69, 9.17) is 4.42 Å². The quantitative estimate of drug-likeness (QED) is 0.409. The molecule has 3 aromatic heterocycles. The molecule has 0 fully saturated rings. The summed E-state index contributed by atoms with van der Waals surface area (Å²) in [6.45, 7) is 0.0629. The Kier molecular flexibility index (Phi) is 4.76. The first kappa shape index (κ1) is 19.1. The zero-order valence-corrected chi connectivity index (χ0v) is 16.8. The fourth-order valence-electron chi connectivity index (χ4n) is 3.27. The lowest BCUT2D eigenvalue weighted by Gasteiger charge is -2.19. The van der Waals surface area contributed by atoms with E-state index in [1.807, 2.05) is 0 Å². The standard InChI is InChI=1S/C23H14FN3O3S/c24-17-8-5-10-19-20(17)26-23(31-19)27(12-14-6-3-4-11-25-14)22(29)16-13-30-18-9-2-1-7-15(18)21(16)28/h1-11,13H,12H2. The zero-order chi connectivity index (χ0) is 21.4. The average molecular weight is 431 g/mol. The summed E-state index contributed by atoms with van der Waals surface area (Å²) < 4.78 is 20.3. The van der Waals surface area contributed by atoms with E-state index in [0.717, 1.165) is 17.6 Å². The molecule has 5 rings (SSSR count). The fraction of sp³-hybridized carbons (Fsp3) is 0.0435. The average Bonchev–Trinajstić information content (AvgIpc) is 3.24. The van der Waals surface area contributed by atoms with E-state index in [9.17, 15) is 14.0 Å². The molecule has 3 heterocycles.